The van der Waals surface area contributed by atoms with Crippen molar-refractivity contribution in [2.75, 3.05) is 5.33 Å². The molecule has 3 atom stereocenters. The predicted octanol–water partition coefficient (Wildman–Crippen LogP) is 1.60. The smallest absolute Gasteiger partial charge is 0.429 e. The summed E-state index contributed by atoms with van der Waals surface area (Å²) in [6.07, 6.45) is 3.83. The summed E-state index contributed by atoms with van der Waals surface area (Å²) in [5.74, 6) is 0.614. The highest BCUT2D eigenvalue weighted by molar-refractivity contribution is 9.09. The van der Waals surface area contributed by atoms with Crippen LogP contribution in [0.4, 0.5) is 0 Å². The van der Waals surface area contributed by atoms with Crippen LogP contribution in [0.5, 0.6) is 0 Å². The van der Waals surface area contributed by atoms with Crippen molar-refractivity contribution in [1.29, 1.82) is 0 Å². The molecule has 3 rings (SSSR count). The molecule has 0 spiro atoms. The Morgan fingerprint density at radius 2 is 1.63 bits per heavy atom. The molecule has 113 valence electrons. The van der Waals surface area contributed by atoms with Crippen LogP contribution in [0, 0.1) is 11.3 Å². The first-order chi connectivity index (χ1) is 8.64. The summed E-state index contributed by atoms with van der Waals surface area (Å²) in [4.78, 5) is 0. The molecular weight excluding hydrogens is 311 g/mol. The van der Waals surface area contributed by atoms with Crippen molar-refractivity contribution in [3.05, 3.63) is 0 Å². The van der Waals surface area contributed by atoms with Gasteiger partial charge in [-0.15, -0.1) is 0 Å². The molecule has 2 bridgehead atoms. The molecular formula is C13H27BBrO4. The average Bonchev–Trinajstić information content (AvgIpc) is 2.33. The molecule has 3 unspecified atom stereocenters. The van der Waals surface area contributed by atoms with Gasteiger partial charge in [0.15, 0.2) is 0 Å². The average molecular weight is 338 g/mol. The van der Waals surface area contributed by atoms with Crippen LogP contribution < -0.4 is 0 Å². The Morgan fingerprint density at radius 1 is 1.21 bits per heavy atom. The fourth-order valence-electron chi connectivity index (χ4n) is 3.12. The van der Waals surface area contributed by atoms with E-state index >= 15 is 0 Å². The van der Waals surface area contributed by atoms with Crippen LogP contribution >= 0.6 is 15.9 Å². The number of alkyl halides is 1. The number of rotatable bonds is 1. The number of hydrogen-bond donors (Lipinski definition) is 4. The molecule has 0 aromatic rings. The molecule has 0 heterocycles. The Bertz CT molecular complexity index is 261. The second-order valence-electron chi connectivity index (χ2n) is 6.10. The van der Waals surface area contributed by atoms with E-state index < -0.39 is 11.2 Å². The van der Waals surface area contributed by atoms with Crippen molar-refractivity contribution in [3.63, 3.8) is 0 Å². The van der Waals surface area contributed by atoms with E-state index in [2.05, 4.69) is 36.7 Å². The highest BCUT2D eigenvalue weighted by Crippen LogP contribution is 2.65. The normalized spacial score (nSPS) is 37.8. The van der Waals surface area contributed by atoms with Gasteiger partial charge in [-0.1, -0.05) is 36.7 Å². The molecule has 0 aromatic heterocycles. The molecule has 3 aliphatic rings. The van der Waals surface area contributed by atoms with Gasteiger partial charge >= 0.3 is 7.69 Å². The first kappa shape index (κ1) is 19.4. The molecule has 4 nitrogen and oxygen atoms in total. The topological polar surface area (TPSA) is 80.9 Å². The Morgan fingerprint density at radius 3 is 1.84 bits per heavy atom. The van der Waals surface area contributed by atoms with Gasteiger partial charge < -0.3 is 20.3 Å². The van der Waals surface area contributed by atoms with Gasteiger partial charge in [-0.2, -0.15) is 0 Å². The summed E-state index contributed by atoms with van der Waals surface area (Å²) in [7, 11) is 0. The lowest BCUT2D eigenvalue weighted by Gasteiger charge is -2.68. The van der Waals surface area contributed by atoms with E-state index in [0.29, 0.717) is 5.92 Å². The summed E-state index contributed by atoms with van der Waals surface area (Å²) in [6.45, 7) is 8.03. The second-order valence-corrected chi connectivity index (χ2v) is 6.89. The van der Waals surface area contributed by atoms with E-state index in [4.69, 9.17) is 10.0 Å². The number of fused-ring (bicyclic) bond motifs is 2. The zero-order valence-corrected chi connectivity index (χ0v) is 13.9. The molecule has 0 aliphatic heterocycles. The minimum absolute atomic E-state index is 0. The third-order valence-electron chi connectivity index (χ3n) is 4.69. The predicted molar refractivity (Wildman–Crippen MR) is 81.0 cm³/mol. The molecule has 0 aromatic carbocycles. The Hall–Kier alpha value is 0.385. The molecule has 6 heteroatoms. The molecule has 1 radical (unpaired) electrons. The van der Waals surface area contributed by atoms with Gasteiger partial charge in [0.2, 0.25) is 0 Å². The van der Waals surface area contributed by atoms with Crippen molar-refractivity contribution in [3.8, 4) is 0 Å². The third kappa shape index (κ3) is 3.73. The summed E-state index contributed by atoms with van der Waals surface area (Å²) in [5, 5.41) is 35.4. The Labute approximate surface area is 125 Å². The molecule has 3 saturated carbocycles. The van der Waals surface area contributed by atoms with Crippen molar-refractivity contribution < 1.29 is 20.3 Å². The van der Waals surface area contributed by atoms with Crippen LogP contribution in [0.1, 0.15) is 53.4 Å². The first-order valence-corrected chi connectivity index (χ1v) is 7.87. The summed E-state index contributed by atoms with van der Waals surface area (Å²) < 4.78 is 0. The van der Waals surface area contributed by atoms with Crippen molar-refractivity contribution >= 4 is 23.6 Å². The van der Waals surface area contributed by atoms with E-state index in [1.54, 1.807) is 6.92 Å². The van der Waals surface area contributed by atoms with Gasteiger partial charge in [-0.25, -0.2) is 0 Å². The zero-order chi connectivity index (χ0) is 15.3. The second kappa shape index (κ2) is 7.41. The van der Waals surface area contributed by atoms with Crippen molar-refractivity contribution in [1.82, 2.24) is 0 Å². The molecule has 3 aliphatic carbocycles. The zero-order valence-electron chi connectivity index (χ0n) is 12.4. The molecule has 0 amide bonds. The van der Waals surface area contributed by atoms with Gasteiger partial charge in [-0.05, 0) is 43.9 Å². The highest BCUT2D eigenvalue weighted by atomic mass is 79.9. The minimum atomic E-state index is -0.870. The maximum atomic E-state index is 10.2. The van der Waals surface area contributed by atoms with Gasteiger partial charge in [0.05, 0.1) is 11.2 Å². The summed E-state index contributed by atoms with van der Waals surface area (Å²) in [5.41, 5.74) is -1.79. The van der Waals surface area contributed by atoms with Crippen LogP contribution in [0.25, 0.3) is 0 Å². The van der Waals surface area contributed by atoms with Gasteiger partial charge in [0.25, 0.3) is 0 Å². The largest absolute Gasteiger partial charge is 0.482 e. The summed E-state index contributed by atoms with van der Waals surface area (Å²) in [6, 6.07) is 0. The van der Waals surface area contributed by atoms with Gasteiger partial charge in [0, 0.05) is 5.33 Å². The number of halogens is 1. The van der Waals surface area contributed by atoms with Crippen LogP contribution in [-0.2, 0) is 0 Å². The molecule has 4 N–H and O–H groups in total. The lowest BCUT2D eigenvalue weighted by molar-refractivity contribution is -0.312. The van der Waals surface area contributed by atoms with E-state index in [1.807, 2.05) is 0 Å². The van der Waals surface area contributed by atoms with Crippen molar-refractivity contribution in [2.45, 2.75) is 64.6 Å². The maximum Gasteiger partial charge on any atom is 0.482 e. The Kier molecular flexibility index (Phi) is 7.56. The van der Waals surface area contributed by atoms with E-state index in [9.17, 15) is 10.2 Å². The quantitative estimate of drug-likeness (QED) is 0.433. The minimum Gasteiger partial charge on any atom is -0.429 e. The van der Waals surface area contributed by atoms with Crippen LogP contribution in [0.15, 0.2) is 0 Å². The van der Waals surface area contributed by atoms with E-state index in [1.165, 1.54) is 6.42 Å². The Balaban J connectivity index is 0.000000393. The summed E-state index contributed by atoms with van der Waals surface area (Å²) >= 11 is 3.25. The monoisotopic (exact) mass is 337 g/mol. The SMILES string of the molecule is CC1(O)CCC2CC1(O)C2(C)C.CCCBr.O[B]O. The van der Waals surface area contributed by atoms with Crippen LogP contribution in [0.2, 0.25) is 0 Å². The van der Waals surface area contributed by atoms with Crippen molar-refractivity contribution in [2.24, 2.45) is 11.3 Å². The fourth-order valence-corrected chi connectivity index (χ4v) is 3.12. The standard InChI is InChI=1S/C10H18O2.C3H7Br.BH2O2/c1-8(2)7-4-5-9(3,11)10(8,12)6-7;1-2-3-4;2-1-3/h7,11-12H,4-6H2,1-3H3;2-3H2,1H3;2-3H. The van der Waals surface area contributed by atoms with E-state index in [-0.39, 0.29) is 13.1 Å². The van der Waals surface area contributed by atoms with Crippen LogP contribution in [0.3, 0.4) is 0 Å². The lowest BCUT2D eigenvalue weighted by atomic mass is 9.41. The lowest BCUT2D eigenvalue weighted by Crippen LogP contribution is -2.74. The number of aliphatic hydroxyl groups is 2. The first-order valence-electron chi connectivity index (χ1n) is 6.75. The molecule has 0 saturated heterocycles. The van der Waals surface area contributed by atoms with Gasteiger partial charge in [-0.3, -0.25) is 0 Å². The molecule has 3 fully saturated rings. The highest BCUT2D eigenvalue weighted by Gasteiger charge is 2.69. The van der Waals surface area contributed by atoms with Gasteiger partial charge in [0.1, 0.15) is 0 Å². The van der Waals surface area contributed by atoms with Crippen LogP contribution in [-0.4, -0.2) is 44.5 Å². The fraction of sp³-hybridized carbons (Fsp3) is 1.00. The third-order valence-corrected chi connectivity index (χ3v) is 5.48. The van der Waals surface area contributed by atoms with E-state index in [0.717, 1.165) is 24.6 Å². The maximum absolute atomic E-state index is 10.2. The number of hydrogen-bond acceptors (Lipinski definition) is 4. The molecule has 19 heavy (non-hydrogen) atoms.